The summed E-state index contributed by atoms with van der Waals surface area (Å²) in [5.74, 6) is 0.646. The maximum atomic E-state index is 13.6. The van der Waals surface area contributed by atoms with Gasteiger partial charge in [-0.25, -0.2) is 4.39 Å². The van der Waals surface area contributed by atoms with Gasteiger partial charge in [0.05, 0.1) is 6.54 Å². The van der Waals surface area contributed by atoms with E-state index in [1.54, 1.807) is 6.07 Å². The third-order valence-electron chi connectivity index (χ3n) is 4.05. The van der Waals surface area contributed by atoms with Gasteiger partial charge >= 0.3 is 0 Å². The Bertz CT molecular complexity index is 476. The van der Waals surface area contributed by atoms with Crippen LogP contribution >= 0.6 is 0 Å². The summed E-state index contributed by atoms with van der Waals surface area (Å²) in [5.41, 5.74) is 0.729. The molecule has 0 aliphatic heterocycles. The molecule has 0 bridgehead atoms. The maximum Gasteiger partial charge on any atom is 0.191 e. The number of aliphatic imine (C=N–C) groups is 1. The predicted molar refractivity (Wildman–Crippen MR) is 96.5 cm³/mol. The van der Waals surface area contributed by atoms with Crippen LogP contribution in [0, 0.1) is 5.82 Å². The Morgan fingerprint density at radius 1 is 1.26 bits per heavy atom. The van der Waals surface area contributed by atoms with Gasteiger partial charge in [-0.2, -0.15) is 0 Å². The van der Waals surface area contributed by atoms with Crippen molar-refractivity contribution in [1.82, 2.24) is 15.5 Å². The summed E-state index contributed by atoms with van der Waals surface area (Å²) in [6.07, 6.45) is 1.78. The summed E-state index contributed by atoms with van der Waals surface area (Å²) >= 11 is 0. The van der Waals surface area contributed by atoms with E-state index < -0.39 is 0 Å². The monoisotopic (exact) mass is 322 g/mol. The average Bonchev–Trinajstić information content (AvgIpc) is 2.55. The fourth-order valence-corrected chi connectivity index (χ4v) is 2.21. The number of hydrogen-bond acceptors (Lipinski definition) is 2. The highest BCUT2D eigenvalue weighted by Gasteiger charge is 2.06. The molecular weight excluding hydrogens is 291 g/mol. The molecule has 0 amide bonds. The van der Waals surface area contributed by atoms with E-state index in [0.717, 1.165) is 37.6 Å². The molecule has 1 rings (SSSR count). The van der Waals surface area contributed by atoms with Gasteiger partial charge in [0, 0.05) is 25.7 Å². The zero-order chi connectivity index (χ0) is 17.1. The van der Waals surface area contributed by atoms with Crippen molar-refractivity contribution in [3.63, 3.8) is 0 Å². The molecule has 0 saturated heterocycles. The first-order valence-electron chi connectivity index (χ1n) is 8.54. The first-order valence-corrected chi connectivity index (χ1v) is 8.54. The molecule has 0 aliphatic carbocycles. The van der Waals surface area contributed by atoms with Gasteiger partial charge in [-0.15, -0.1) is 0 Å². The Balaban J connectivity index is 2.42. The van der Waals surface area contributed by atoms with E-state index in [9.17, 15) is 4.39 Å². The minimum atomic E-state index is -0.147. The average molecular weight is 322 g/mol. The highest BCUT2D eigenvalue weighted by Crippen LogP contribution is 2.06. The van der Waals surface area contributed by atoms with Crippen molar-refractivity contribution in [3.05, 3.63) is 35.6 Å². The van der Waals surface area contributed by atoms with E-state index in [4.69, 9.17) is 0 Å². The van der Waals surface area contributed by atoms with Gasteiger partial charge in [0.1, 0.15) is 5.82 Å². The van der Waals surface area contributed by atoms with E-state index in [-0.39, 0.29) is 5.82 Å². The van der Waals surface area contributed by atoms with E-state index in [0.29, 0.717) is 19.0 Å². The molecule has 2 N–H and O–H groups in total. The zero-order valence-corrected chi connectivity index (χ0v) is 14.9. The molecule has 0 aliphatic rings. The highest BCUT2D eigenvalue weighted by molar-refractivity contribution is 5.79. The van der Waals surface area contributed by atoms with Gasteiger partial charge in [0.15, 0.2) is 5.96 Å². The predicted octanol–water partition coefficient (Wildman–Crippen LogP) is 2.65. The van der Waals surface area contributed by atoms with Crippen molar-refractivity contribution in [1.29, 1.82) is 0 Å². The molecule has 130 valence electrons. The number of likely N-dealkylation sites (N-methyl/N-ethyl adjacent to an activating group) is 1. The van der Waals surface area contributed by atoms with Crippen LogP contribution in [-0.4, -0.2) is 50.1 Å². The molecule has 5 heteroatoms. The standard InChI is InChI=1S/C18H31FN4/c1-5-15(3)23(4)14-13-22-18(20-6-2)21-12-11-16-9-7-8-10-17(16)19/h7-10,15H,5-6,11-14H2,1-4H3,(H2,20,21,22). The van der Waals surface area contributed by atoms with Crippen molar-refractivity contribution in [2.75, 3.05) is 33.2 Å². The van der Waals surface area contributed by atoms with Crippen LogP contribution in [0.15, 0.2) is 29.3 Å². The largest absolute Gasteiger partial charge is 0.357 e. The van der Waals surface area contributed by atoms with E-state index in [1.807, 2.05) is 19.1 Å². The van der Waals surface area contributed by atoms with Crippen LogP contribution in [0.3, 0.4) is 0 Å². The molecule has 1 aromatic carbocycles. The summed E-state index contributed by atoms with van der Waals surface area (Å²) in [5, 5.41) is 6.49. The minimum absolute atomic E-state index is 0.147. The Labute approximate surface area is 140 Å². The highest BCUT2D eigenvalue weighted by atomic mass is 19.1. The first-order chi connectivity index (χ1) is 11.1. The second kappa shape index (κ2) is 11.0. The van der Waals surface area contributed by atoms with E-state index in [2.05, 4.69) is 41.4 Å². The summed E-state index contributed by atoms with van der Waals surface area (Å²) in [6, 6.07) is 7.47. The fraction of sp³-hybridized carbons (Fsp3) is 0.611. The number of benzene rings is 1. The van der Waals surface area contributed by atoms with Gasteiger partial charge < -0.3 is 15.5 Å². The second-order valence-corrected chi connectivity index (χ2v) is 5.77. The van der Waals surface area contributed by atoms with Crippen LogP contribution in [0.25, 0.3) is 0 Å². The van der Waals surface area contributed by atoms with Gasteiger partial charge in [-0.05, 0) is 45.4 Å². The molecule has 0 saturated carbocycles. The van der Waals surface area contributed by atoms with Gasteiger partial charge in [0.25, 0.3) is 0 Å². The molecule has 4 nitrogen and oxygen atoms in total. The van der Waals surface area contributed by atoms with Gasteiger partial charge in [-0.1, -0.05) is 25.1 Å². The van der Waals surface area contributed by atoms with Gasteiger partial charge in [-0.3, -0.25) is 4.99 Å². The van der Waals surface area contributed by atoms with Crippen molar-refractivity contribution in [2.45, 2.75) is 39.7 Å². The number of nitrogens with one attached hydrogen (secondary N) is 2. The summed E-state index contributed by atoms with van der Waals surface area (Å²) < 4.78 is 13.6. The molecule has 0 fully saturated rings. The lowest BCUT2D eigenvalue weighted by atomic mass is 10.1. The van der Waals surface area contributed by atoms with Crippen LogP contribution < -0.4 is 10.6 Å². The van der Waals surface area contributed by atoms with Crippen LogP contribution in [-0.2, 0) is 6.42 Å². The van der Waals surface area contributed by atoms with E-state index in [1.165, 1.54) is 6.07 Å². The van der Waals surface area contributed by atoms with Crippen molar-refractivity contribution in [3.8, 4) is 0 Å². The molecule has 1 aromatic rings. The Morgan fingerprint density at radius 2 is 2.00 bits per heavy atom. The fourth-order valence-electron chi connectivity index (χ4n) is 2.21. The normalized spacial score (nSPS) is 13.2. The van der Waals surface area contributed by atoms with Crippen molar-refractivity contribution < 1.29 is 4.39 Å². The third-order valence-corrected chi connectivity index (χ3v) is 4.05. The lowest BCUT2D eigenvalue weighted by Gasteiger charge is -2.22. The van der Waals surface area contributed by atoms with Gasteiger partial charge in [0.2, 0.25) is 0 Å². The molecule has 1 unspecified atom stereocenters. The van der Waals surface area contributed by atoms with Crippen LogP contribution in [0.1, 0.15) is 32.8 Å². The minimum Gasteiger partial charge on any atom is -0.357 e. The van der Waals surface area contributed by atoms with Crippen molar-refractivity contribution in [2.24, 2.45) is 4.99 Å². The summed E-state index contributed by atoms with van der Waals surface area (Å²) in [7, 11) is 2.13. The molecule has 1 atom stereocenters. The van der Waals surface area contributed by atoms with Crippen LogP contribution in [0.2, 0.25) is 0 Å². The maximum absolute atomic E-state index is 13.6. The quantitative estimate of drug-likeness (QED) is 0.542. The topological polar surface area (TPSA) is 39.7 Å². The summed E-state index contributed by atoms with van der Waals surface area (Å²) in [6.45, 7) is 9.61. The molecule has 0 spiro atoms. The number of hydrogen-bond donors (Lipinski definition) is 2. The first kappa shape index (κ1) is 19.4. The Morgan fingerprint density at radius 3 is 2.65 bits per heavy atom. The smallest absolute Gasteiger partial charge is 0.191 e. The van der Waals surface area contributed by atoms with Crippen LogP contribution in [0.5, 0.6) is 0 Å². The van der Waals surface area contributed by atoms with Crippen molar-refractivity contribution >= 4 is 5.96 Å². The molecule has 23 heavy (non-hydrogen) atoms. The third kappa shape index (κ3) is 7.46. The Hall–Kier alpha value is -1.62. The molecule has 0 heterocycles. The number of rotatable bonds is 9. The lowest BCUT2D eigenvalue weighted by molar-refractivity contribution is 0.259. The van der Waals surface area contributed by atoms with Crippen LogP contribution in [0.4, 0.5) is 4.39 Å². The summed E-state index contributed by atoms with van der Waals surface area (Å²) in [4.78, 5) is 6.89. The SMILES string of the molecule is CCNC(=NCCN(C)C(C)CC)NCCc1ccccc1F. The molecular formula is C18H31FN4. The Kier molecular flexibility index (Phi) is 9.29. The molecule has 0 aromatic heterocycles. The van der Waals surface area contributed by atoms with E-state index >= 15 is 0 Å². The number of halogens is 1. The zero-order valence-electron chi connectivity index (χ0n) is 14.9. The second-order valence-electron chi connectivity index (χ2n) is 5.77. The lowest BCUT2D eigenvalue weighted by Crippen LogP contribution is -2.39. The number of guanidine groups is 1. The number of nitrogens with zero attached hydrogens (tertiary/aromatic N) is 2. The molecule has 0 radical (unpaired) electrons.